The third-order valence-electron chi connectivity index (χ3n) is 6.67. The van der Waals surface area contributed by atoms with Gasteiger partial charge in [-0.2, -0.15) is 0 Å². The van der Waals surface area contributed by atoms with E-state index in [4.69, 9.17) is 14.2 Å². The summed E-state index contributed by atoms with van der Waals surface area (Å²) in [6.45, 7) is 2.10. The van der Waals surface area contributed by atoms with E-state index in [1.807, 2.05) is 42.5 Å². The number of esters is 1. The van der Waals surface area contributed by atoms with Crippen molar-refractivity contribution in [3.63, 3.8) is 0 Å². The van der Waals surface area contributed by atoms with Gasteiger partial charge >= 0.3 is 12.1 Å². The van der Waals surface area contributed by atoms with Crippen LogP contribution in [0.15, 0.2) is 54.6 Å². The van der Waals surface area contributed by atoms with Crippen LogP contribution in [0.3, 0.4) is 0 Å². The Hall–Kier alpha value is -3.57. The number of aromatic amines is 1. The van der Waals surface area contributed by atoms with E-state index in [2.05, 4.69) is 9.88 Å². The number of fused-ring (bicyclic) bond motifs is 1. The first-order valence-electron chi connectivity index (χ1n) is 12.5. The molecule has 1 N–H and O–H groups in total. The number of rotatable bonds is 10. The average Bonchev–Trinajstić information content (AvgIpc) is 3.30. The van der Waals surface area contributed by atoms with Crippen molar-refractivity contribution in [2.75, 3.05) is 46.2 Å². The van der Waals surface area contributed by atoms with Gasteiger partial charge in [0.2, 0.25) is 15.9 Å². The number of H-pyrrole nitrogens is 1. The molecule has 1 aliphatic rings. The molecule has 11 heteroatoms. The fourth-order valence-corrected chi connectivity index (χ4v) is 5.27. The Morgan fingerprint density at radius 2 is 1.71 bits per heavy atom. The van der Waals surface area contributed by atoms with Crippen molar-refractivity contribution in [3.05, 3.63) is 65.7 Å². The molecule has 0 saturated carbocycles. The highest BCUT2D eigenvalue weighted by molar-refractivity contribution is 7.88. The van der Waals surface area contributed by atoms with Gasteiger partial charge in [-0.05, 0) is 43.5 Å². The molecule has 1 aromatic heterocycles. The summed E-state index contributed by atoms with van der Waals surface area (Å²) >= 11 is 0. The maximum absolute atomic E-state index is 12.8. The van der Waals surface area contributed by atoms with E-state index in [9.17, 15) is 18.0 Å². The molecule has 0 radical (unpaired) electrons. The minimum Gasteiger partial charge on any atom is -0.482 e. The number of sulfonamides is 1. The van der Waals surface area contributed by atoms with Crippen molar-refractivity contribution in [1.29, 1.82) is 0 Å². The van der Waals surface area contributed by atoms with Gasteiger partial charge in [-0.15, -0.1) is 0 Å². The van der Waals surface area contributed by atoms with Gasteiger partial charge in [-0.25, -0.2) is 22.3 Å². The Morgan fingerprint density at radius 3 is 2.39 bits per heavy atom. The smallest absolute Gasteiger partial charge is 0.423 e. The molecule has 0 bridgehead atoms. The number of amides is 1. The Labute approximate surface area is 222 Å². The highest BCUT2D eigenvalue weighted by atomic mass is 32.2. The minimum absolute atomic E-state index is 0.000231. The van der Waals surface area contributed by atoms with Crippen molar-refractivity contribution in [1.82, 2.24) is 14.2 Å². The number of hydrogen-bond donors (Lipinski definition) is 1. The molecule has 1 amide bonds. The lowest BCUT2D eigenvalue weighted by Gasteiger charge is -2.32. The largest absolute Gasteiger partial charge is 0.482 e. The van der Waals surface area contributed by atoms with Crippen LogP contribution in [0, 0.1) is 5.92 Å². The van der Waals surface area contributed by atoms with Crippen molar-refractivity contribution in [2.45, 2.75) is 19.4 Å². The number of piperidine rings is 1. The van der Waals surface area contributed by atoms with E-state index in [0.29, 0.717) is 31.1 Å². The van der Waals surface area contributed by atoms with Gasteiger partial charge in [-0.1, -0.05) is 48.5 Å². The van der Waals surface area contributed by atoms with Gasteiger partial charge < -0.3 is 24.1 Å². The molecule has 38 heavy (non-hydrogen) atoms. The second-order valence-electron chi connectivity index (χ2n) is 9.34. The van der Waals surface area contributed by atoms with E-state index in [0.717, 1.165) is 39.9 Å². The van der Waals surface area contributed by atoms with Gasteiger partial charge in [0.05, 0.1) is 26.5 Å². The Balaban J connectivity index is 1.24. The van der Waals surface area contributed by atoms with Crippen molar-refractivity contribution in [3.8, 4) is 5.88 Å². The van der Waals surface area contributed by atoms with Crippen molar-refractivity contribution < 1.29 is 32.2 Å². The molecule has 4 rings (SSSR count). The van der Waals surface area contributed by atoms with Gasteiger partial charge in [0, 0.05) is 17.4 Å². The molecule has 1 fully saturated rings. The topological polar surface area (TPSA) is 118 Å². The molecule has 0 aliphatic carbocycles. The lowest BCUT2D eigenvalue weighted by atomic mass is 9.98. The van der Waals surface area contributed by atoms with Crippen molar-refractivity contribution in [2.24, 2.45) is 5.92 Å². The summed E-state index contributed by atoms with van der Waals surface area (Å²) in [5.41, 5.74) is 1.97. The number of likely N-dealkylation sites (tertiary alicyclic amines) is 1. The molecular weight excluding hydrogens is 510 g/mol. The predicted octanol–water partition coefficient (Wildman–Crippen LogP) is 3.64. The number of aromatic nitrogens is 1. The summed E-state index contributed by atoms with van der Waals surface area (Å²) in [5, 5.41) is 0.752. The van der Waals surface area contributed by atoms with E-state index < -0.39 is 22.1 Å². The molecule has 10 nitrogen and oxygen atoms in total. The number of carbonyl (C=O) groups excluding carboxylic acids is 2. The SMILES string of the molecule is COc1[nH]c2ccccc2c1C(=O)OCC1CCN(CCN(C(=O)OCc2ccccc2)S(C)(=O)=O)CC1. The van der Waals surface area contributed by atoms with E-state index in [1.165, 1.54) is 7.11 Å². The lowest BCUT2D eigenvalue weighted by Crippen LogP contribution is -2.44. The third-order valence-corrected chi connectivity index (χ3v) is 7.80. The van der Waals surface area contributed by atoms with Crippen LogP contribution in [0.5, 0.6) is 5.88 Å². The third kappa shape index (κ3) is 6.84. The first-order valence-corrected chi connectivity index (χ1v) is 14.3. The fourth-order valence-electron chi connectivity index (χ4n) is 4.53. The Bertz CT molecular complexity index is 1350. The first-order chi connectivity index (χ1) is 18.3. The van der Waals surface area contributed by atoms with E-state index in [-0.39, 0.29) is 25.7 Å². The zero-order valence-corrected chi connectivity index (χ0v) is 22.4. The predicted molar refractivity (Wildman–Crippen MR) is 142 cm³/mol. The normalized spacial score (nSPS) is 14.8. The summed E-state index contributed by atoms with van der Waals surface area (Å²) < 4.78 is 41.5. The number of ether oxygens (including phenoxy) is 3. The molecule has 2 heterocycles. The molecule has 0 unspecified atom stereocenters. The Morgan fingerprint density at radius 1 is 1.03 bits per heavy atom. The first kappa shape index (κ1) is 27.5. The summed E-state index contributed by atoms with van der Waals surface area (Å²) in [7, 11) is -2.27. The van der Waals surface area contributed by atoms with Crippen LogP contribution < -0.4 is 4.74 Å². The zero-order valence-electron chi connectivity index (χ0n) is 21.6. The number of hydrogen-bond acceptors (Lipinski definition) is 8. The van der Waals surface area contributed by atoms with Crippen molar-refractivity contribution >= 4 is 33.0 Å². The highest BCUT2D eigenvalue weighted by Gasteiger charge is 2.28. The summed E-state index contributed by atoms with van der Waals surface area (Å²) in [6.07, 6.45) is 1.69. The number of benzene rings is 2. The number of para-hydroxylation sites is 1. The van der Waals surface area contributed by atoms with Gasteiger partial charge in [0.15, 0.2) is 0 Å². The average molecular weight is 544 g/mol. The Kier molecular flexibility index (Phi) is 8.90. The second kappa shape index (κ2) is 12.3. The molecule has 0 spiro atoms. The molecule has 0 atom stereocenters. The maximum Gasteiger partial charge on any atom is 0.423 e. The lowest BCUT2D eigenvalue weighted by molar-refractivity contribution is 0.0370. The monoisotopic (exact) mass is 543 g/mol. The molecular formula is C27H33N3O7S. The van der Waals surface area contributed by atoms with E-state index >= 15 is 0 Å². The number of nitrogens with one attached hydrogen (secondary N) is 1. The van der Waals surface area contributed by atoms with Crippen LogP contribution in [0.2, 0.25) is 0 Å². The highest BCUT2D eigenvalue weighted by Crippen LogP contribution is 2.29. The molecule has 1 saturated heterocycles. The van der Waals surface area contributed by atoms with Crippen LogP contribution in [0.25, 0.3) is 10.9 Å². The fraction of sp³-hybridized carbons (Fsp3) is 0.407. The van der Waals surface area contributed by atoms with Crippen LogP contribution >= 0.6 is 0 Å². The number of methoxy groups -OCH3 is 1. The van der Waals surface area contributed by atoms with Crippen LogP contribution in [-0.2, 0) is 26.1 Å². The standard InChI is InChI=1S/C27H33N3O7S/c1-35-25-24(22-10-6-7-11-23(22)28-25)26(31)36-18-21-12-14-29(15-13-21)16-17-30(38(2,33)34)27(32)37-19-20-8-4-3-5-9-20/h3-11,21,28H,12-19H2,1-2H3. The number of carbonyl (C=O) groups is 2. The van der Waals surface area contributed by atoms with Crippen LogP contribution in [0.1, 0.15) is 28.8 Å². The van der Waals surface area contributed by atoms with Gasteiger partial charge in [0.1, 0.15) is 12.2 Å². The van der Waals surface area contributed by atoms with Crippen LogP contribution in [-0.4, -0.2) is 80.8 Å². The summed E-state index contributed by atoms with van der Waals surface area (Å²) in [6, 6.07) is 16.6. The summed E-state index contributed by atoms with van der Waals surface area (Å²) in [4.78, 5) is 30.5. The maximum atomic E-state index is 12.8. The summed E-state index contributed by atoms with van der Waals surface area (Å²) in [5.74, 6) is 0.136. The quantitative estimate of drug-likeness (QED) is 0.385. The molecule has 204 valence electrons. The molecule has 1 aliphatic heterocycles. The number of nitrogens with zero attached hydrogens (tertiary/aromatic N) is 2. The molecule has 3 aromatic rings. The minimum atomic E-state index is -3.78. The zero-order chi connectivity index (χ0) is 27.1. The van der Waals surface area contributed by atoms with Gasteiger partial charge in [-0.3, -0.25) is 0 Å². The van der Waals surface area contributed by atoms with Gasteiger partial charge in [0.25, 0.3) is 0 Å². The van der Waals surface area contributed by atoms with E-state index in [1.54, 1.807) is 12.1 Å². The molecule has 2 aromatic carbocycles. The second-order valence-corrected chi connectivity index (χ2v) is 11.2. The van der Waals surface area contributed by atoms with Crippen LogP contribution in [0.4, 0.5) is 4.79 Å².